The van der Waals surface area contributed by atoms with Crippen molar-refractivity contribution >= 4 is 16.0 Å². The van der Waals surface area contributed by atoms with Crippen LogP contribution in [-0.2, 0) is 14.8 Å². The Bertz CT molecular complexity index is 549. The molecule has 0 spiro atoms. The molecule has 2 heterocycles. The molecule has 2 N–H and O–H groups in total. The van der Waals surface area contributed by atoms with Gasteiger partial charge in [0.1, 0.15) is 0 Å². The average Bonchev–Trinajstić information content (AvgIpc) is 2.39. The van der Waals surface area contributed by atoms with Crippen LogP contribution < -0.4 is 4.72 Å². The second kappa shape index (κ2) is 5.64. The van der Waals surface area contributed by atoms with E-state index in [-0.39, 0.29) is 16.6 Å². The van der Waals surface area contributed by atoms with Gasteiger partial charge in [0.2, 0.25) is 0 Å². The largest absolute Gasteiger partial charge is 0.478 e. The molecule has 0 aliphatic carbocycles. The zero-order valence-corrected chi connectivity index (χ0v) is 10.9. The van der Waals surface area contributed by atoms with Crippen molar-refractivity contribution in [2.75, 3.05) is 13.2 Å². The summed E-state index contributed by atoms with van der Waals surface area (Å²) in [4.78, 5) is 14.3. The van der Waals surface area contributed by atoms with Crippen molar-refractivity contribution in [2.24, 2.45) is 0 Å². The summed E-state index contributed by atoms with van der Waals surface area (Å²) >= 11 is 0. The van der Waals surface area contributed by atoms with E-state index in [0.29, 0.717) is 26.1 Å². The minimum absolute atomic E-state index is 0.0509. The quantitative estimate of drug-likeness (QED) is 0.821. The summed E-state index contributed by atoms with van der Waals surface area (Å²) in [5.41, 5.74) is -0.0509. The summed E-state index contributed by atoms with van der Waals surface area (Å²) in [6.45, 7) is 1.05. The van der Waals surface area contributed by atoms with Gasteiger partial charge >= 0.3 is 5.97 Å². The number of pyridine rings is 1. The van der Waals surface area contributed by atoms with E-state index in [2.05, 4.69) is 9.71 Å². The third-order valence-corrected chi connectivity index (χ3v) is 4.24. The van der Waals surface area contributed by atoms with E-state index >= 15 is 0 Å². The van der Waals surface area contributed by atoms with Crippen molar-refractivity contribution in [1.29, 1.82) is 0 Å². The lowest BCUT2D eigenvalue weighted by molar-refractivity contribution is 0.0696. The van der Waals surface area contributed by atoms with Crippen molar-refractivity contribution in [3.63, 3.8) is 0 Å². The molecule has 2 rings (SSSR count). The summed E-state index contributed by atoms with van der Waals surface area (Å²) in [6.07, 6.45) is 2.26. The molecule has 0 unspecified atom stereocenters. The Balaban J connectivity index is 2.12. The van der Waals surface area contributed by atoms with Crippen LogP contribution in [0, 0.1) is 0 Å². The Morgan fingerprint density at radius 3 is 2.58 bits per heavy atom. The Morgan fingerprint density at radius 2 is 2.05 bits per heavy atom. The molecular formula is C11H14N2O5S. The smallest absolute Gasteiger partial charge is 0.337 e. The highest BCUT2D eigenvalue weighted by molar-refractivity contribution is 7.89. The first-order valence-electron chi connectivity index (χ1n) is 5.78. The predicted molar refractivity (Wildman–Crippen MR) is 65.4 cm³/mol. The highest BCUT2D eigenvalue weighted by Crippen LogP contribution is 2.12. The standard InChI is InChI=1S/C11H14N2O5S/c14-11(15)8-1-2-10(12-7-8)19(16,17)13-9-3-5-18-6-4-9/h1-2,7,9,13H,3-6H2,(H,14,15). The minimum Gasteiger partial charge on any atom is -0.478 e. The molecule has 0 atom stereocenters. The van der Waals surface area contributed by atoms with E-state index in [9.17, 15) is 13.2 Å². The SMILES string of the molecule is O=C(O)c1ccc(S(=O)(=O)NC2CCOCC2)nc1. The van der Waals surface area contributed by atoms with Crippen LogP contribution in [-0.4, -0.2) is 43.7 Å². The summed E-state index contributed by atoms with van der Waals surface area (Å²) in [6, 6.07) is 2.23. The molecule has 7 nitrogen and oxygen atoms in total. The lowest BCUT2D eigenvalue weighted by Gasteiger charge is -2.22. The van der Waals surface area contributed by atoms with Gasteiger partial charge in [0.05, 0.1) is 5.56 Å². The average molecular weight is 286 g/mol. The molecule has 1 aromatic rings. The number of sulfonamides is 1. The van der Waals surface area contributed by atoms with Crippen molar-refractivity contribution in [2.45, 2.75) is 23.9 Å². The van der Waals surface area contributed by atoms with Gasteiger partial charge in [-0.1, -0.05) is 0 Å². The molecule has 1 saturated heterocycles. The fourth-order valence-electron chi connectivity index (χ4n) is 1.76. The maximum absolute atomic E-state index is 12.0. The Labute approximate surface area is 110 Å². The van der Waals surface area contributed by atoms with Crippen LogP contribution in [0.4, 0.5) is 0 Å². The van der Waals surface area contributed by atoms with E-state index in [1.54, 1.807) is 0 Å². The summed E-state index contributed by atoms with van der Waals surface area (Å²) in [5, 5.41) is 8.54. The van der Waals surface area contributed by atoms with Gasteiger partial charge in [-0.25, -0.2) is 22.9 Å². The van der Waals surface area contributed by atoms with Gasteiger partial charge in [-0.3, -0.25) is 0 Å². The number of carboxylic acid groups (broad SMARTS) is 1. The first kappa shape index (κ1) is 13.9. The lowest BCUT2D eigenvalue weighted by atomic mass is 10.1. The van der Waals surface area contributed by atoms with Crippen molar-refractivity contribution in [1.82, 2.24) is 9.71 Å². The second-order valence-electron chi connectivity index (χ2n) is 4.20. The topological polar surface area (TPSA) is 106 Å². The van der Waals surface area contributed by atoms with Crippen molar-refractivity contribution in [3.8, 4) is 0 Å². The zero-order valence-electron chi connectivity index (χ0n) is 10.1. The third-order valence-electron chi connectivity index (χ3n) is 2.80. The number of hydrogen-bond acceptors (Lipinski definition) is 5. The van der Waals surface area contributed by atoms with E-state index in [4.69, 9.17) is 9.84 Å². The van der Waals surface area contributed by atoms with E-state index in [1.807, 2.05) is 0 Å². The van der Waals surface area contributed by atoms with Crippen LogP contribution in [0.3, 0.4) is 0 Å². The maximum atomic E-state index is 12.0. The van der Waals surface area contributed by atoms with Crippen LogP contribution in [0.25, 0.3) is 0 Å². The lowest BCUT2D eigenvalue weighted by Crippen LogP contribution is -2.39. The number of rotatable bonds is 4. The summed E-state index contributed by atoms with van der Waals surface area (Å²) in [7, 11) is -3.71. The molecular weight excluding hydrogens is 272 g/mol. The molecule has 1 fully saturated rings. The van der Waals surface area contributed by atoms with Gasteiger partial charge in [0.25, 0.3) is 10.0 Å². The maximum Gasteiger partial charge on any atom is 0.337 e. The van der Waals surface area contributed by atoms with Gasteiger partial charge in [0.15, 0.2) is 5.03 Å². The third kappa shape index (κ3) is 3.49. The Kier molecular flexibility index (Phi) is 4.13. The van der Waals surface area contributed by atoms with Crippen LogP contribution in [0.15, 0.2) is 23.4 Å². The number of carboxylic acids is 1. The van der Waals surface area contributed by atoms with Gasteiger partial charge in [-0.2, -0.15) is 0 Å². The molecule has 104 valence electrons. The molecule has 0 bridgehead atoms. The van der Waals surface area contributed by atoms with E-state index < -0.39 is 16.0 Å². The summed E-state index contributed by atoms with van der Waals surface area (Å²) in [5.74, 6) is -1.14. The normalized spacial score (nSPS) is 17.3. The Morgan fingerprint density at radius 1 is 1.37 bits per heavy atom. The number of ether oxygens (including phenoxy) is 1. The molecule has 0 amide bonds. The van der Waals surface area contributed by atoms with Crippen LogP contribution in [0.5, 0.6) is 0 Å². The molecule has 1 aliphatic rings. The van der Waals surface area contributed by atoms with Crippen LogP contribution >= 0.6 is 0 Å². The highest BCUT2D eigenvalue weighted by atomic mass is 32.2. The summed E-state index contributed by atoms with van der Waals surface area (Å²) < 4.78 is 31.7. The molecule has 1 aromatic heterocycles. The second-order valence-corrected chi connectivity index (χ2v) is 5.86. The molecule has 0 radical (unpaired) electrons. The predicted octanol–water partition coefficient (Wildman–Crippen LogP) is 0.237. The van der Waals surface area contributed by atoms with E-state index in [0.717, 1.165) is 6.20 Å². The zero-order chi connectivity index (χ0) is 13.9. The number of aromatic carboxylic acids is 1. The number of nitrogens with zero attached hydrogens (tertiary/aromatic N) is 1. The molecule has 1 aliphatic heterocycles. The first-order valence-corrected chi connectivity index (χ1v) is 7.27. The van der Waals surface area contributed by atoms with Gasteiger partial charge < -0.3 is 9.84 Å². The van der Waals surface area contributed by atoms with Crippen molar-refractivity contribution < 1.29 is 23.1 Å². The van der Waals surface area contributed by atoms with E-state index in [1.165, 1.54) is 12.1 Å². The molecule has 8 heteroatoms. The Hall–Kier alpha value is -1.51. The number of aromatic nitrogens is 1. The van der Waals surface area contributed by atoms with Crippen LogP contribution in [0.1, 0.15) is 23.2 Å². The van der Waals surface area contributed by atoms with Gasteiger partial charge in [-0.05, 0) is 25.0 Å². The van der Waals surface area contributed by atoms with Crippen LogP contribution in [0.2, 0.25) is 0 Å². The minimum atomic E-state index is -3.71. The number of hydrogen-bond donors (Lipinski definition) is 2. The molecule has 0 saturated carbocycles. The van der Waals surface area contributed by atoms with Crippen molar-refractivity contribution in [3.05, 3.63) is 23.9 Å². The molecule has 0 aromatic carbocycles. The number of nitrogens with one attached hydrogen (secondary N) is 1. The molecule has 19 heavy (non-hydrogen) atoms. The first-order chi connectivity index (χ1) is 8.99. The fourth-order valence-corrected chi connectivity index (χ4v) is 2.99. The van der Waals surface area contributed by atoms with Gasteiger partial charge in [0, 0.05) is 25.5 Å². The highest BCUT2D eigenvalue weighted by Gasteiger charge is 2.23. The van der Waals surface area contributed by atoms with Gasteiger partial charge in [-0.15, -0.1) is 0 Å². The fraction of sp³-hybridized carbons (Fsp3) is 0.455. The number of carbonyl (C=O) groups is 1. The monoisotopic (exact) mass is 286 g/mol.